The SMILES string of the molecule is COCCCNC(=O)C(C)Sc1nc2sc3c(c2c(=O)n1CCc1ccccc1)CCCC3. The summed E-state index contributed by atoms with van der Waals surface area (Å²) in [5.74, 6) is -0.0504. The number of thioether (sulfide) groups is 1. The van der Waals surface area contributed by atoms with Gasteiger partial charge >= 0.3 is 0 Å². The Morgan fingerprint density at radius 3 is 2.85 bits per heavy atom. The molecule has 0 saturated carbocycles. The predicted molar refractivity (Wildman–Crippen MR) is 135 cm³/mol. The zero-order chi connectivity index (χ0) is 23.2. The second-order valence-electron chi connectivity index (χ2n) is 8.38. The smallest absolute Gasteiger partial charge is 0.263 e. The van der Waals surface area contributed by atoms with E-state index in [0.717, 1.165) is 42.3 Å². The molecule has 3 aromatic rings. The van der Waals surface area contributed by atoms with E-state index < -0.39 is 0 Å². The standard InChI is InChI=1S/C25H31N3O3S2/c1-17(22(29)26-14-8-16-31-2)32-25-27-23-21(19-11-6-7-12-20(19)33-23)24(30)28(25)15-13-18-9-4-3-5-10-18/h3-5,9-10,17H,6-8,11-16H2,1-2H3,(H,26,29). The van der Waals surface area contributed by atoms with Crippen LogP contribution in [0.25, 0.3) is 10.2 Å². The Bertz CT molecular complexity index is 1160. The van der Waals surface area contributed by atoms with Gasteiger partial charge in [-0.1, -0.05) is 42.1 Å². The van der Waals surface area contributed by atoms with E-state index >= 15 is 0 Å². The third kappa shape index (κ3) is 5.67. The van der Waals surface area contributed by atoms with Crippen molar-refractivity contribution in [3.63, 3.8) is 0 Å². The van der Waals surface area contributed by atoms with E-state index in [4.69, 9.17) is 9.72 Å². The minimum absolute atomic E-state index is 0.0329. The van der Waals surface area contributed by atoms with Gasteiger partial charge in [0, 0.05) is 31.7 Å². The Morgan fingerprint density at radius 1 is 1.27 bits per heavy atom. The van der Waals surface area contributed by atoms with Crippen molar-refractivity contribution in [3.05, 3.63) is 56.7 Å². The lowest BCUT2D eigenvalue weighted by molar-refractivity contribution is -0.120. The number of carbonyl (C=O) groups is 1. The second-order valence-corrected chi connectivity index (χ2v) is 10.8. The predicted octanol–water partition coefficient (Wildman–Crippen LogP) is 4.21. The van der Waals surface area contributed by atoms with Crippen LogP contribution in [0, 0.1) is 0 Å². The van der Waals surface area contributed by atoms with E-state index in [1.807, 2.05) is 25.1 Å². The van der Waals surface area contributed by atoms with Crippen molar-refractivity contribution in [2.75, 3.05) is 20.3 Å². The van der Waals surface area contributed by atoms with Gasteiger partial charge in [-0.15, -0.1) is 11.3 Å². The molecule has 33 heavy (non-hydrogen) atoms. The number of methoxy groups -OCH3 is 1. The summed E-state index contributed by atoms with van der Waals surface area (Å²) in [7, 11) is 1.65. The highest BCUT2D eigenvalue weighted by Crippen LogP contribution is 2.35. The fraction of sp³-hybridized carbons (Fsp3) is 0.480. The number of ether oxygens (including phenoxy) is 1. The molecule has 0 aliphatic heterocycles. The van der Waals surface area contributed by atoms with Crippen molar-refractivity contribution in [2.45, 2.75) is 62.4 Å². The van der Waals surface area contributed by atoms with Crippen LogP contribution in [0.4, 0.5) is 0 Å². The molecule has 0 saturated heterocycles. The number of nitrogens with zero attached hydrogens (tertiary/aromatic N) is 2. The van der Waals surface area contributed by atoms with Crippen LogP contribution in [0.3, 0.4) is 0 Å². The number of thiophene rings is 1. The van der Waals surface area contributed by atoms with Crippen LogP contribution >= 0.6 is 23.1 Å². The van der Waals surface area contributed by atoms with Crippen LogP contribution in [0.5, 0.6) is 0 Å². The number of rotatable bonds is 10. The van der Waals surface area contributed by atoms with E-state index in [9.17, 15) is 9.59 Å². The van der Waals surface area contributed by atoms with Gasteiger partial charge in [0.05, 0.1) is 10.6 Å². The van der Waals surface area contributed by atoms with E-state index in [0.29, 0.717) is 24.9 Å². The van der Waals surface area contributed by atoms with E-state index in [1.165, 1.54) is 34.2 Å². The van der Waals surface area contributed by atoms with Crippen LogP contribution < -0.4 is 10.9 Å². The minimum Gasteiger partial charge on any atom is -0.385 e. The lowest BCUT2D eigenvalue weighted by atomic mass is 9.97. The molecule has 1 unspecified atom stereocenters. The summed E-state index contributed by atoms with van der Waals surface area (Å²) in [6.45, 7) is 3.60. The maximum absolute atomic E-state index is 13.7. The molecule has 0 fully saturated rings. The number of amides is 1. The lowest BCUT2D eigenvalue weighted by Crippen LogP contribution is -2.33. The van der Waals surface area contributed by atoms with E-state index in [2.05, 4.69) is 17.4 Å². The molecule has 1 N–H and O–H groups in total. The highest BCUT2D eigenvalue weighted by molar-refractivity contribution is 8.00. The Hall–Kier alpha value is -2.16. The van der Waals surface area contributed by atoms with E-state index in [-0.39, 0.29) is 16.7 Å². The summed E-state index contributed by atoms with van der Waals surface area (Å²) < 4.78 is 6.83. The van der Waals surface area contributed by atoms with Crippen LogP contribution in [0.15, 0.2) is 40.3 Å². The van der Waals surface area contributed by atoms with Crippen LogP contribution in [0.2, 0.25) is 0 Å². The van der Waals surface area contributed by atoms with Crippen molar-refractivity contribution < 1.29 is 9.53 Å². The molecule has 4 rings (SSSR count). The zero-order valence-corrected chi connectivity index (χ0v) is 20.9. The maximum atomic E-state index is 13.7. The molecule has 1 aromatic carbocycles. The van der Waals surface area contributed by atoms with Gasteiger partial charge in [0.1, 0.15) is 4.83 Å². The molecule has 1 aliphatic carbocycles. The molecular weight excluding hydrogens is 454 g/mol. The number of benzene rings is 1. The Labute approximate surface area is 202 Å². The average Bonchev–Trinajstić information content (AvgIpc) is 3.20. The van der Waals surface area contributed by atoms with Crippen LogP contribution in [-0.2, 0) is 35.3 Å². The Balaban J connectivity index is 1.63. The number of nitrogens with one attached hydrogen (secondary N) is 1. The highest BCUT2D eigenvalue weighted by Gasteiger charge is 2.24. The number of hydrogen-bond acceptors (Lipinski definition) is 6. The quantitative estimate of drug-likeness (QED) is 0.265. The van der Waals surface area contributed by atoms with Gasteiger partial charge in [-0.2, -0.15) is 0 Å². The summed E-state index contributed by atoms with van der Waals surface area (Å²) in [5.41, 5.74) is 2.41. The van der Waals surface area contributed by atoms with Crippen molar-refractivity contribution in [2.24, 2.45) is 0 Å². The molecule has 0 spiro atoms. The third-order valence-electron chi connectivity index (χ3n) is 5.98. The third-order valence-corrected chi connectivity index (χ3v) is 8.26. The Morgan fingerprint density at radius 2 is 2.06 bits per heavy atom. The number of hydrogen-bond donors (Lipinski definition) is 1. The molecule has 2 aromatic heterocycles. The maximum Gasteiger partial charge on any atom is 0.263 e. The van der Waals surface area contributed by atoms with Crippen molar-refractivity contribution in [3.8, 4) is 0 Å². The molecule has 1 amide bonds. The average molecular weight is 486 g/mol. The molecular formula is C25H31N3O3S2. The molecule has 6 nitrogen and oxygen atoms in total. The first kappa shape index (κ1) is 24.0. The summed E-state index contributed by atoms with van der Waals surface area (Å²) in [6.07, 6.45) is 5.79. The fourth-order valence-electron chi connectivity index (χ4n) is 4.18. The molecule has 8 heteroatoms. The summed E-state index contributed by atoms with van der Waals surface area (Å²) in [4.78, 5) is 33.4. The largest absolute Gasteiger partial charge is 0.385 e. The highest BCUT2D eigenvalue weighted by atomic mass is 32.2. The van der Waals surface area contributed by atoms with Gasteiger partial charge < -0.3 is 10.1 Å². The van der Waals surface area contributed by atoms with Gasteiger partial charge in [-0.3, -0.25) is 14.2 Å². The monoisotopic (exact) mass is 485 g/mol. The number of fused-ring (bicyclic) bond motifs is 3. The second kappa shape index (κ2) is 11.3. The molecule has 2 heterocycles. The lowest BCUT2D eigenvalue weighted by Gasteiger charge is -2.16. The molecule has 0 radical (unpaired) electrons. The number of carbonyl (C=O) groups excluding carboxylic acids is 1. The van der Waals surface area contributed by atoms with Crippen LogP contribution in [0.1, 0.15) is 42.2 Å². The van der Waals surface area contributed by atoms with Crippen LogP contribution in [-0.4, -0.2) is 41.0 Å². The molecule has 1 atom stereocenters. The van der Waals surface area contributed by atoms with Crippen molar-refractivity contribution in [1.29, 1.82) is 0 Å². The van der Waals surface area contributed by atoms with Crippen molar-refractivity contribution in [1.82, 2.24) is 14.9 Å². The summed E-state index contributed by atoms with van der Waals surface area (Å²) in [5, 5.41) is 4.02. The van der Waals surface area contributed by atoms with E-state index in [1.54, 1.807) is 23.0 Å². The zero-order valence-electron chi connectivity index (χ0n) is 19.3. The summed E-state index contributed by atoms with van der Waals surface area (Å²) >= 11 is 3.02. The number of aryl methyl sites for hydroxylation is 3. The van der Waals surface area contributed by atoms with Gasteiger partial charge in [-0.25, -0.2) is 4.98 Å². The minimum atomic E-state index is -0.352. The van der Waals surface area contributed by atoms with Gasteiger partial charge in [-0.05, 0) is 56.6 Å². The molecule has 176 valence electrons. The van der Waals surface area contributed by atoms with Gasteiger partial charge in [0.15, 0.2) is 5.16 Å². The first-order valence-electron chi connectivity index (χ1n) is 11.6. The Kier molecular flexibility index (Phi) is 8.22. The summed E-state index contributed by atoms with van der Waals surface area (Å²) in [6, 6.07) is 10.2. The normalized spacial score (nSPS) is 14.2. The van der Waals surface area contributed by atoms with Gasteiger partial charge in [0.25, 0.3) is 5.56 Å². The number of aromatic nitrogens is 2. The van der Waals surface area contributed by atoms with Gasteiger partial charge in [0.2, 0.25) is 5.91 Å². The molecule has 0 bridgehead atoms. The fourth-order valence-corrected chi connectivity index (χ4v) is 6.44. The first-order valence-corrected chi connectivity index (χ1v) is 13.3. The topological polar surface area (TPSA) is 73.2 Å². The molecule has 1 aliphatic rings. The first-order chi connectivity index (χ1) is 16.1. The van der Waals surface area contributed by atoms with Crippen molar-refractivity contribution >= 4 is 39.2 Å².